The molecule has 0 radical (unpaired) electrons. The van der Waals surface area contributed by atoms with Crippen LogP contribution >= 0.6 is 36.4 Å². The van der Waals surface area contributed by atoms with E-state index in [0.29, 0.717) is 16.5 Å². The van der Waals surface area contributed by atoms with Crippen molar-refractivity contribution in [1.29, 1.82) is 0 Å². The highest BCUT2D eigenvalue weighted by Gasteiger charge is 2.38. The molecule has 1 saturated heterocycles. The minimum Gasteiger partial charge on any atom is -0.505 e. The molecule has 1 aliphatic heterocycles. The van der Waals surface area contributed by atoms with Gasteiger partial charge in [-0.2, -0.15) is 0 Å². The van der Waals surface area contributed by atoms with Gasteiger partial charge >= 0.3 is 0 Å². The van der Waals surface area contributed by atoms with Gasteiger partial charge in [-0.25, -0.2) is 4.39 Å². The van der Waals surface area contributed by atoms with Crippen LogP contribution in [0.15, 0.2) is 12.1 Å². The first-order chi connectivity index (χ1) is 9.16. The zero-order valence-corrected chi connectivity index (χ0v) is 13.9. The Kier molecular flexibility index (Phi) is 7.01. The summed E-state index contributed by atoms with van der Waals surface area (Å²) in [6.45, 7) is 3.73. The van der Waals surface area contributed by atoms with Gasteiger partial charge in [-0.3, -0.25) is 4.90 Å². The molecule has 2 N–H and O–H groups in total. The lowest BCUT2D eigenvalue weighted by atomic mass is 9.98. The Morgan fingerprint density at radius 2 is 1.86 bits per heavy atom. The topological polar surface area (TPSA) is 35.5 Å². The molecule has 1 aromatic rings. The Balaban J connectivity index is 0.00000110. The number of rotatable bonds is 3. The van der Waals surface area contributed by atoms with Crippen LogP contribution in [0.25, 0.3) is 0 Å². The fourth-order valence-electron chi connectivity index (χ4n) is 2.93. The summed E-state index contributed by atoms with van der Waals surface area (Å²) in [4.78, 5) is 2.33. The van der Waals surface area contributed by atoms with E-state index in [0.717, 1.165) is 39.0 Å². The highest BCUT2D eigenvalue weighted by atomic mass is 35.5. The summed E-state index contributed by atoms with van der Waals surface area (Å²) in [6.07, 6.45) is 2.28. The fraction of sp³-hybridized carbons (Fsp3) is 0.571. The van der Waals surface area contributed by atoms with Crippen molar-refractivity contribution >= 4 is 36.4 Å². The van der Waals surface area contributed by atoms with Crippen LogP contribution in [0.4, 0.5) is 4.39 Å². The molecular formula is C14H20Cl3FN2O. The summed E-state index contributed by atoms with van der Waals surface area (Å²) in [6, 6.07) is 2.97. The highest BCUT2D eigenvalue weighted by molar-refractivity contribution is 6.30. The zero-order valence-electron chi connectivity index (χ0n) is 11.5. The van der Waals surface area contributed by atoms with E-state index in [4.69, 9.17) is 11.6 Å². The highest BCUT2D eigenvalue weighted by Crippen LogP contribution is 2.47. The first-order valence-electron chi connectivity index (χ1n) is 6.79. The molecule has 0 aromatic heterocycles. The number of phenols is 1. The molecule has 3 nitrogen and oxygen atoms in total. The predicted octanol–water partition coefficient (Wildman–Crippen LogP) is 3.38. The SMILES string of the molecule is Cl.Cl.Oc1c(F)cc(Cl)cc1[C@H](C1CC1)N1CCNCC1. The van der Waals surface area contributed by atoms with Crippen LogP contribution in [-0.2, 0) is 0 Å². The normalized spacial score (nSPS) is 20.3. The van der Waals surface area contributed by atoms with Gasteiger partial charge in [-0.1, -0.05) is 11.6 Å². The summed E-state index contributed by atoms with van der Waals surface area (Å²) in [7, 11) is 0. The number of benzene rings is 1. The zero-order chi connectivity index (χ0) is 13.4. The van der Waals surface area contributed by atoms with Gasteiger partial charge in [0.25, 0.3) is 0 Å². The summed E-state index contributed by atoms with van der Waals surface area (Å²) in [5.74, 6) is -0.343. The number of phenolic OH excluding ortho intramolecular Hbond substituents is 1. The largest absolute Gasteiger partial charge is 0.505 e. The van der Waals surface area contributed by atoms with Crippen LogP contribution in [0.1, 0.15) is 24.4 Å². The number of aromatic hydroxyl groups is 1. The van der Waals surface area contributed by atoms with Crippen LogP contribution in [-0.4, -0.2) is 36.2 Å². The van der Waals surface area contributed by atoms with Crippen LogP contribution in [0.5, 0.6) is 5.75 Å². The van der Waals surface area contributed by atoms with Gasteiger partial charge in [0.05, 0.1) is 0 Å². The maximum absolute atomic E-state index is 13.7. The van der Waals surface area contributed by atoms with E-state index in [1.807, 2.05) is 0 Å². The Labute approximate surface area is 141 Å². The average Bonchev–Trinajstić information content (AvgIpc) is 3.21. The van der Waals surface area contributed by atoms with Crippen molar-refractivity contribution in [2.45, 2.75) is 18.9 Å². The van der Waals surface area contributed by atoms with Crippen molar-refractivity contribution in [2.75, 3.05) is 26.2 Å². The van der Waals surface area contributed by atoms with Gasteiger partial charge in [0.1, 0.15) is 0 Å². The third-order valence-electron chi connectivity index (χ3n) is 3.99. The Bertz CT molecular complexity index is 480. The average molecular weight is 358 g/mol. The van der Waals surface area contributed by atoms with Gasteiger partial charge in [-0.05, 0) is 30.9 Å². The third-order valence-corrected chi connectivity index (χ3v) is 4.21. The standard InChI is InChI=1S/C14H18ClFN2O.2ClH/c15-10-7-11(14(19)12(16)8-10)13(9-1-2-9)18-5-3-17-4-6-18;;/h7-9,13,17,19H,1-6H2;2*1H/t13-;;/m0../s1. The minimum absolute atomic E-state index is 0. The molecule has 2 fully saturated rings. The molecule has 0 unspecified atom stereocenters. The third kappa shape index (κ3) is 4.14. The van der Waals surface area contributed by atoms with Crippen molar-refractivity contribution < 1.29 is 9.50 Å². The van der Waals surface area contributed by atoms with Crippen LogP contribution in [0, 0.1) is 11.7 Å². The number of piperazine rings is 1. The quantitative estimate of drug-likeness (QED) is 0.870. The van der Waals surface area contributed by atoms with Crippen LogP contribution < -0.4 is 5.32 Å². The maximum atomic E-state index is 13.7. The molecule has 0 spiro atoms. The minimum atomic E-state index is -0.622. The molecule has 1 aliphatic carbocycles. The molecule has 21 heavy (non-hydrogen) atoms. The number of hydrogen-bond donors (Lipinski definition) is 2. The van der Waals surface area contributed by atoms with Crippen molar-refractivity contribution in [2.24, 2.45) is 5.92 Å². The molecule has 1 atom stereocenters. The van der Waals surface area contributed by atoms with E-state index in [1.165, 1.54) is 6.07 Å². The van der Waals surface area contributed by atoms with E-state index in [9.17, 15) is 9.50 Å². The van der Waals surface area contributed by atoms with Gasteiger partial charge in [-0.15, -0.1) is 24.8 Å². The molecule has 120 valence electrons. The van der Waals surface area contributed by atoms with Crippen molar-refractivity contribution in [3.63, 3.8) is 0 Å². The summed E-state index contributed by atoms with van der Waals surface area (Å²) in [5, 5.41) is 13.7. The molecule has 3 rings (SSSR count). The van der Waals surface area contributed by atoms with E-state index in [1.54, 1.807) is 6.07 Å². The molecule has 2 aliphatic rings. The summed E-state index contributed by atoms with van der Waals surface area (Å²) >= 11 is 5.95. The number of halogens is 4. The lowest BCUT2D eigenvalue weighted by Gasteiger charge is -2.35. The van der Waals surface area contributed by atoms with Crippen LogP contribution in [0.3, 0.4) is 0 Å². The number of nitrogens with zero attached hydrogens (tertiary/aromatic N) is 1. The fourth-order valence-corrected chi connectivity index (χ4v) is 3.15. The molecule has 0 bridgehead atoms. The van der Waals surface area contributed by atoms with Crippen molar-refractivity contribution in [3.8, 4) is 5.75 Å². The van der Waals surface area contributed by atoms with Gasteiger partial charge < -0.3 is 10.4 Å². The van der Waals surface area contributed by atoms with E-state index >= 15 is 0 Å². The lowest BCUT2D eigenvalue weighted by Crippen LogP contribution is -2.45. The molecule has 1 saturated carbocycles. The van der Waals surface area contributed by atoms with Gasteiger partial charge in [0.15, 0.2) is 11.6 Å². The second-order valence-corrected chi connectivity index (χ2v) is 5.83. The molecule has 7 heteroatoms. The second-order valence-electron chi connectivity index (χ2n) is 5.39. The summed E-state index contributed by atoms with van der Waals surface area (Å²) < 4.78 is 13.7. The van der Waals surface area contributed by atoms with Crippen LogP contribution in [0.2, 0.25) is 5.02 Å². The maximum Gasteiger partial charge on any atom is 0.166 e. The Morgan fingerprint density at radius 3 is 2.43 bits per heavy atom. The number of nitrogens with one attached hydrogen (secondary N) is 1. The predicted molar refractivity (Wildman–Crippen MR) is 87.5 cm³/mol. The monoisotopic (exact) mass is 356 g/mol. The molecule has 0 amide bonds. The number of hydrogen-bond acceptors (Lipinski definition) is 3. The van der Waals surface area contributed by atoms with Gasteiger partial charge in [0, 0.05) is 42.8 Å². The Hall–Kier alpha value is -0.260. The molecule has 1 aromatic carbocycles. The van der Waals surface area contributed by atoms with Crippen molar-refractivity contribution in [3.05, 3.63) is 28.5 Å². The first kappa shape index (κ1) is 18.8. The smallest absolute Gasteiger partial charge is 0.166 e. The van der Waals surface area contributed by atoms with E-state index in [-0.39, 0.29) is 36.6 Å². The Morgan fingerprint density at radius 1 is 1.24 bits per heavy atom. The molecule has 1 heterocycles. The van der Waals surface area contributed by atoms with E-state index < -0.39 is 5.82 Å². The van der Waals surface area contributed by atoms with Crippen molar-refractivity contribution in [1.82, 2.24) is 10.2 Å². The van der Waals surface area contributed by atoms with E-state index in [2.05, 4.69) is 10.2 Å². The van der Waals surface area contributed by atoms with Gasteiger partial charge in [0.2, 0.25) is 0 Å². The molecular weight excluding hydrogens is 338 g/mol. The summed E-state index contributed by atoms with van der Waals surface area (Å²) in [5.41, 5.74) is 0.648. The second kappa shape index (κ2) is 7.84. The first-order valence-corrected chi connectivity index (χ1v) is 7.17. The lowest BCUT2D eigenvalue weighted by molar-refractivity contribution is 0.153.